The second-order valence-electron chi connectivity index (χ2n) is 6.56. The van der Waals surface area contributed by atoms with Crippen LogP contribution in [0.25, 0.3) is 0 Å². The summed E-state index contributed by atoms with van der Waals surface area (Å²) in [6, 6.07) is 8.56. The Morgan fingerprint density at radius 2 is 2.08 bits per heavy atom. The number of carbonyl (C=O) groups excluding carboxylic acids is 1. The van der Waals surface area contributed by atoms with Crippen molar-refractivity contribution < 1.29 is 4.79 Å². The van der Waals surface area contributed by atoms with Gasteiger partial charge in [-0.1, -0.05) is 29.8 Å². The van der Waals surface area contributed by atoms with Gasteiger partial charge in [-0.2, -0.15) is 5.10 Å². The summed E-state index contributed by atoms with van der Waals surface area (Å²) in [5, 5.41) is 13.5. The standard InChI is InChI=1S/C18H25N5O/c1-12-4-6-13(7-5-12)16(23(2)3)11-20-18(24)17-14-10-19-9-8-15(14)21-22-17/h4-7,16,19H,8-11H2,1-3H3,(H,20,24)(H,21,22). The van der Waals surface area contributed by atoms with Crippen LogP contribution in [0.4, 0.5) is 0 Å². The number of carbonyl (C=O) groups is 1. The highest BCUT2D eigenvalue weighted by molar-refractivity contribution is 5.94. The van der Waals surface area contributed by atoms with Crippen molar-refractivity contribution in [3.05, 3.63) is 52.3 Å². The first-order valence-electron chi connectivity index (χ1n) is 8.34. The number of H-pyrrole nitrogens is 1. The first-order valence-corrected chi connectivity index (χ1v) is 8.34. The molecule has 1 unspecified atom stereocenters. The van der Waals surface area contributed by atoms with E-state index in [2.05, 4.69) is 56.9 Å². The van der Waals surface area contributed by atoms with Crippen LogP contribution in [0, 0.1) is 6.92 Å². The second kappa shape index (κ2) is 7.15. The predicted octanol–water partition coefficient (Wildman–Crippen LogP) is 1.40. The Morgan fingerprint density at radius 1 is 1.33 bits per heavy atom. The minimum absolute atomic E-state index is 0.116. The molecule has 0 spiro atoms. The van der Waals surface area contributed by atoms with E-state index in [9.17, 15) is 4.79 Å². The van der Waals surface area contributed by atoms with Crippen molar-refractivity contribution in [2.75, 3.05) is 27.2 Å². The van der Waals surface area contributed by atoms with Crippen LogP contribution in [0.3, 0.4) is 0 Å². The molecule has 2 aromatic rings. The van der Waals surface area contributed by atoms with Gasteiger partial charge < -0.3 is 15.5 Å². The lowest BCUT2D eigenvalue weighted by Gasteiger charge is -2.25. The van der Waals surface area contributed by atoms with E-state index in [-0.39, 0.29) is 11.9 Å². The number of hydrogen-bond donors (Lipinski definition) is 3. The minimum Gasteiger partial charge on any atom is -0.349 e. The molecule has 6 heteroatoms. The van der Waals surface area contributed by atoms with Gasteiger partial charge in [-0.25, -0.2) is 0 Å². The fourth-order valence-electron chi connectivity index (χ4n) is 3.07. The van der Waals surface area contributed by atoms with Crippen LogP contribution in [0.1, 0.15) is 38.9 Å². The van der Waals surface area contributed by atoms with E-state index in [1.165, 1.54) is 11.1 Å². The number of nitrogens with one attached hydrogen (secondary N) is 3. The van der Waals surface area contributed by atoms with E-state index in [4.69, 9.17) is 0 Å². The van der Waals surface area contributed by atoms with Crippen molar-refractivity contribution in [2.24, 2.45) is 0 Å². The molecule has 1 atom stereocenters. The third-order valence-electron chi connectivity index (χ3n) is 4.56. The van der Waals surface area contributed by atoms with Crippen LogP contribution in [-0.2, 0) is 13.0 Å². The molecule has 0 bridgehead atoms. The van der Waals surface area contributed by atoms with Gasteiger partial charge in [0.15, 0.2) is 5.69 Å². The number of aromatic amines is 1. The number of aryl methyl sites for hydroxylation is 1. The zero-order valence-electron chi connectivity index (χ0n) is 14.5. The smallest absolute Gasteiger partial charge is 0.272 e. The fraction of sp³-hybridized carbons (Fsp3) is 0.444. The van der Waals surface area contributed by atoms with Crippen molar-refractivity contribution >= 4 is 5.91 Å². The molecule has 24 heavy (non-hydrogen) atoms. The predicted molar refractivity (Wildman–Crippen MR) is 93.9 cm³/mol. The van der Waals surface area contributed by atoms with Crippen LogP contribution >= 0.6 is 0 Å². The number of fused-ring (bicyclic) bond motifs is 1. The Hall–Kier alpha value is -2.18. The van der Waals surface area contributed by atoms with E-state index in [0.29, 0.717) is 18.8 Å². The largest absolute Gasteiger partial charge is 0.349 e. The number of likely N-dealkylation sites (N-methyl/N-ethyl adjacent to an activating group) is 1. The summed E-state index contributed by atoms with van der Waals surface area (Å²) in [6.45, 7) is 4.24. The highest BCUT2D eigenvalue weighted by Gasteiger charge is 2.22. The molecule has 1 aromatic heterocycles. The van der Waals surface area contributed by atoms with Gasteiger partial charge in [0.05, 0.1) is 6.04 Å². The van der Waals surface area contributed by atoms with E-state index in [1.54, 1.807) is 0 Å². The Labute approximate surface area is 142 Å². The maximum Gasteiger partial charge on any atom is 0.272 e. The zero-order valence-corrected chi connectivity index (χ0v) is 14.5. The summed E-state index contributed by atoms with van der Waals surface area (Å²) in [4.78, 5) is 14.7. The van der Waals surface area contributed by atoms with E-state index in [0.717, 1.165) is 24.2 Å². The van der Waals surface area contributed by atoms with Crippen LogP contribution < -0.4 is 10.6 Å². The van der Waals surface area contributed by atoms with E-state index >= 15 is 0 Å². The average Bonchev–Trinajstić information content (AvgIpc) is 3.00. The molecule has 6 nitrogen and oxygen atoms in total. The summed E-state index contributed by atoms with van der Waals surface area (Å²) >= 11 is 0. The molecule has 1 amide bonds. The lowest BCUT2D eigenvalue weighted by Crippen LogP contribution is -2.35. The Bertz CT molecular complexity index is 705. The molecule has 128 valence electrons. The Balaban J connectivity index is 1.69. The summed E-state index contributed by atoms with van der Waals surface area (Å²) in [5.74, 6) is -0.116. The Morgan fingerprint density at radius 3 is 2.79 bits per heavy atom. The van der Waals surface area contributed by atoms with Crippen molar-refractivity contribution in [1.29, 1.82) is 0 Å². The van der Waals surface area contributed by atoms with Crippen molar-refractivity contribution in [2.45, 2.75) is 25.9 Å². The fourth-order valence-corrected chi connectivity index (χ4v) is 3.07. The van der Waals surface area contributed by atoms with Crippen LogP contribution in [0.5, 0.6) is 0 Å². The molecule has 0 aliphatic carbocycles. The normalized spacial score (nSPS) is 15.2. The molecule has 0 radical (unpaired) electrons. The number of benzene rings is 1. The molecule has 2 heterocycles. The van der Waals surface area contributed by atoms with Crippen molar-refractivity contribution in [3.63, 3.8) is 0 Å². The number of nitrogens with zero attached hydrogens (tertiary/aromatic N) is 2. The van der Waals surface area contributed by atoms with Crippen molar-refractivity contribution in [1.82, 2.24) is 25.7 Å². The molecular weight excluding hydrogens is 302 g/mol. The SMILES string of the molecule is Cc1ccc(C(CNC(=O)c2n[nH]c3c2CNCC3)N(C)C)cc1. The van der Waals surface area contributed by atoms with Gasteiger partial charge in [0.25, 0.3) is 5.91 Å². The topological polar surface area (TPSA) is 73.0 Å². The van der Waals surface area contributed by atoms with Gasteiger partial charge in [-0.05, 0) is 26.6 Å². The summed E-state index contributed by atoms with van der Waals surface area (Å²) in [7, 11) is 4.05. The second-order valence-corrected chi connectivity index (χ2v) is 6.56. The maximum atomic E-state index is 12.6. The van der Waals surface area contributed by atoms with Crippen molar-refractivity contribution in [3.8, 4) is 0 Å². The molecule has 3 rings (SSSR count). The highest BCUT2D eigenvalue weighted by atomic mass is 16.1. The molecule has 0 saturated heterocycles. The number of aromatic nitrogens is 2. The molecular formula is C18H25N5O. The summed E-state index contributed by atoms with van der Waals surface area (Å²) in [5.41, 5.74) is 5.00. The third kappa shape index (κ3) is 3.49. The molecule has 1 aromatic carbocycles. The van der Waals surface area contributed by atoms with Gasteiger partial charge in [0, 0.05) is 37.3 Å². The molecule has 0 saturated carbocycles. The van der Waals surface area contributed by atoms with Crippen LogP contribution in [-0.4, -0.2) is 48.2 Å². The molecule has 0 fully saturated rings. The van der Waals surface area contributed by atoms with Gasteiger partial charge in [0.2, 0.25) is 0 Å². The lowest BCUT2D eigenvalue weighted by molar-refractivity contribution is 0.0935. The minimum atomic E-state index is -0.116. The third-order valence-corrected chi connectivity index (χ3v) is 4.56. The van der Waals surface area contributed by atoms with Crippen LogP contribution in [0.15, 0.2) is 24.3 Å². The first kappa shape index (κ1) is 16.7. The van der Waals surface area contributed by atoms with Crippen LogP contribution in [0.2, 0.25) is 0 Å². The van der Waals surface area contributed by atoms with Gasteiger partial charge in [-0.3, -0.25) is 9.89 Å². The molecule has 3 N–H and O–H groups in total. The van der Waals surface area contributed by atoms with E-state index in [1.807, 2.05) is 14.1 Å². The van der Waals surface area contributed by atoms with E-state index < -0.39 is 0 Å². The van der Waals surface area contributed by atoms with Gasteiger partial charge >= 0.3 is 0 Å². The first-order chi connectivity index (χ1) is 11.6. The number of hydrogen-bond acceptors (Lipinski definition) is 4. The summed E-state index contributed by atoms with van der Waals surface area (Å²) < 4.78 is 0. The average molecular weight is 327 g/mol. The Kier molecular flexibility index (Phi) is 4.97. The zero-order chi connectivity index (χ0) is 17.1. The number of amides is 1. The van der Waals surface area contributed by atoms with Gasteiger partial charge in [0.1, 0.15) is 0 Å². The highest BCUT2D eigenvalue weighted by Crippen LogP contribution is 2.19. The monoisotopic (exact) mass is 327 g/mol. The lowest BCUT2D eigenvalue weighted by atomic mass is 10.0. The molecule has 1 aliphatic rings. The maximum absolute atomic E-state index is 12.6. The van der Waals surface area contributed by atoms with Gasteiger partial charge in [-0.15, -0.1) is 0 Å². The molecule has 1 aliphatic heterocycles. The summed E-state index contributed by atoms with van der Waals surface area (Å²) in [6.07, 6.45) is 0.888. The quantitative estimate of drug-likeness (QED) is 0.776. The number of rotatable bonds is 5.